The van der Waals surface area contributed by atoms with Crippen LogP contribution in [0.5, 0.6) is 0 Å². The topological polar surface area (TPSA) is 33.3 Å². The Bertz CT molecular complexity index is 208. The van der Waals surface area contributed by atoms with Gasteiger partial charge in [-0.15, -0.1) is 0 Å². The fourth-order valence-corrected chi connectivity index (χ4v) is 3.05. The molecule has 0 spiro atoms. The molecule has 2 N–H and O–H groups in total. The van der Waals surface area contributed by atoms with Crippen molar-refractivity contribution in [3.63, 3.8) is 0 Å². The van der Waals surface area contributed by atoms with Crippen LogP contribution in [0.15, 0.2) is 0 Å². The van der Waals surface area contributed by atoms with E-state index in [1.807, 2.05) is 0 Å². The molecule has 0 unspecified atom stereocenters. The predicted octanol–water partition coefficient (Wildman–Crippen LogP) is 2.07. The third-order valence-electron chi connectivity index (χ3n) is 4.25. The second kappa shape index (κ2) is 6.72. The van der Waals surface area contributed by atoms with Gasteiger partial charge in [-0.25, -0.2) is 0 Å². The van der Waals surface area contributed by atoms with Crippen LogP contribution in [0.25, 0.3) is 0 Å². The minimum absolute atomic E-state index is 0.385. The van der Waals surface area contributed by atoms with Crippen LogP contribution in [0, 0.1) is 0 Å². The molecule has 0 amide bonds. The highest BCUT2D eigenvalue weighted by Crippen LogP contribution is 2.27. The number of rotatable bonds is 5. The van der Waals surface area contributed by atoms with Crippen molar-refractivity contribution in [1.29, 1.82) is 0 Å². The van der Waals surface area contributed by atoms with Crippen molar-refractivity contribution in [1.82, 2.24) is 10.6 Å². The molecule has 1 saturated heterocycles. The molecule has 0 radical (unpaired) electrons. The molecule has 17 heavy (non-hydrogen) atoms. The summed E-state index contributed by atoms with van der Waals surface area (Å²) in [7, 11) is 0. The molecular weight excluding hydrogens is 212 g/mol. The molecule has 1 saturated carbocycles. The Kier molecular flexibility index (Phi) is 5.26. The lowest BCUT2D eigenvalue weighted by atomic mass is 9.83. The minimum atomic E-state index is 0.385. The highest BCUT2D eigenvalue weighted by atomic mass is 16.5. The van der Waals surface area contributed by atoms with Crippen molar-refractivity contribution in [3.05, 3.63) is 0 Å². The monoisotopic (exact) mass is 240 g/mol. The van der Waals surface area contributed by atoms with E-state index in [0.717, 1.165) is 26.2 Å². The van der Waals surface area contributed by atoms with E-state index in [0.29, 0.717) is 11.6 Å². The van der Waals surface area contributed by atoms with E-state index in [1.165, 1.54) is 44.9 Å². The summed E-state index contributed by atoms with van der Waals surface area (Å²) in [6.45, 7) is 6.50. The van der Waals surface area contributed by atoms with Crippen LogP contribution in [-0.2, 0) is 4.74 Å². The molecule has 2 fully saturated rings. The molecule has 0 bridgehead atoms. The Morgan fingerprint density at radius 1 is 1.18 bits per heavy atom. The molecule has 0 aromatic rings. The van der Waals surface area contributed by atoms with Crippen molar-refractivity contribution in [2.45, 2.75) is 63.5 Å². The van der Waals surface area contributed by atoms with Gasteiger partial charge in [0.2, 0.25) is 0 Å². The first-order valence-electron chi connectivity index (χ1n) is 7.36. The standard InChI is InChI=1S/C14H28N2O/c1-14(7-3-2-4-8-14)16-11-12-17-13-5-9-15-10-6-13/h13,15-16H,2-12H2,1H3. The van der Waals surface area contributed by atoms with E-state index >= 15 is 0 Å². The van der Waals surface area contributed by atoms with Gasteiger partial charge < -0.3 is 15.4 Å². The van der Waals surface area contributed by atoms with Crippen LogP contribution in [0.4, 0.5) is 0 Å². The van der Waals surface area contributed by atoms with E-state index in [2.05, 4.69) is 17.6 Å². The average molecular weight is 240 g/mol. The smallest absolute Gasteiger partial charge is 0.0600 e. The quantitative estimate of drug-likeness (QED) is 0.722. The van der Waals surface area contributed by atoms with Crippen LogP contribution in [0.3, 0.4) is 0 Å². The Morgan fingerprint density at radius 3 is 2.59 bits per heavy atom. The normalized spacial score (nSPS) is 25.9. The molecule has 0 aromatic carbocycles. The molecule has 2 aliphatic rings. The fourth-order valence-electron chi connectivity index (χ4n) is 3.05. The first-order valence-corrected chi connectivity index (χ1v) is 7.36. The van der Waals surface area contributed by atoms with Gasteiger partial charge in [0.1, 0.15) is 0 Å². The van der Waals surface area contributed by atoms with Crippen molar-refractivity contribution in [3.8, 4) is 0 Å². The van der Waals surface area contributed by atoms with Gasteiger partial charge in [0.05, 0.1) is 12.7 Å². The van der Waals surface area contributed by atoms with E-state index in [1.54, 1.807) is 0 Å². The first kappa shape index (κ1) is 13.3. The van der Waals surface area contributed by atoms with E-state index in [9.17, 15) is 0 Å². The van der Waals surface area contributed by atoms with E-state index in [4.69, 9.17) is 4.74 Å². The number of hydrogen-bond acceptors (Lipinski definition) is 3. The van der Waals surface area contributed by atoms with Crippen molar-refractivity contribution in [2.24, 2.45) is 0 Å². The Hall–Kier alpha value is -0.120. The second-order valence-electron chi connectivity index (χ2n) is 5.87. The summed E-state index contributed by atoms with van der Waals surface area (Å²) < 4.78 is 5.92. The molecule has 0 aromatic heterocycles. The average Bonchev–Trinajstić information content (AvgIpc) is 2.37. The maximum atomic E-state index is 5.92. The molecular formula is C14H28N2O. The second-order valence-corrected chi connectivity index (χ2v) is 5.87. The van der Waals surface area contributed by atoms with Crippen LogP contribution < -0.4 is 10.6 Å². The van der Waals surface area contributed by atoms with Gasteiger partial charge in [-0.2, -0.15) is 0 Å². The maximum absolute atomic E-state index is 5.92. The van der Waals surface area contributed by atoms with Gasteiger partial charge in [0, 0.05) is 12.1 Å². The van der Waals surface area contributed by atoms with E-state index in [-0.39, 0.29) is 0 Å². The van der Waals surface area contributed by atoms with Gasteiger partial charge in [0.15, 0.2) is 0 Å². The van der Waals surface area contributed by atoms with Gasteiger partial charge >= 0.3 is 0 Å². The Morgan fingerprint density at radius 2 is 1.88 bits per heavy atom. The first-order chi connectivity index (χ1) is 8.29. The SMILES string of the molecule is CC1(NCCOC2CCNCC2)CCCCC1. The summed E-state index contributed by atoms with van der Waals surface area (Å²) in [6.07, 6.45) is 9.72. The Labute approximate surface area is 106 Å². The lowest BCUT2D eigenvalue weighted by molar-refractivity contribution is 0.0308. The zero-order chi connectivity index (χ0) is 12.0. The number of hydrogen-bond donors (Lipinski definition) is 2. The van der Waals surface area contributed by atoms with Gasteiger partial charge in [-0.1, -0.05) is 19.3 Å². The third kappa shape index (κ3) is 4.57. The number of nitrogens with one attached hydrogen (secondary N) is 2. The lowest BCUT2D eigenvalue weighted by Crippen LogP contribution is -2.45. The van der Waals surface area contributed by atoms with Crippen LogP contribution in [-0.4, -0.2) is 37.9 Å². The lowest BCUT2D eigenvalue weighted by Gasteiger charge is -2.35. The van der Waals surface area contributed by atoms with Gasteiger partial charge in [-0.3, -0.25) is 0 Å². The number of piperidine rings is 1. The molecule has 3 nitrogen and oxygen atoms in total. The van der Waals surface area contributed by atoms with Crippen molar-refractivity contribution >= 4 is 0 Å². The van der Waals surface area contributed by atoms with Crippen molar-refractivity contribution in [2.75, 3.05) is 26.2 Å². The number of ether oxygens (including phenoxy) is 1. The molecule has 1 heterocycles. The molecule has 3 heteroatoms. The van der Waals surface area contributed by atoms with Gasteiger partial charge in [0.25, 0.3) is 0 Å². The van der Waals surface area contributed by atoms with Gasteiger partial charge in [-0.05, 0) is 45.7 Å². The maximum Gasteiger partial charge on any atom is 0.0600 e. The van der Waals surface area contributed by atoms with Crippen LogP contribution >= 0.6 is 0 Å². The zero-order valence-corrected chi connectivity index (χ0v) is 11.3. The highest BCUT2D eigenvalue weighted by Gasteiger charge is 2.25. The summed E-state index contributed by atoms with van der Waals surface area (Å²) in [6, 6.07) is 0. The highest BCUT2D eigenvalue weighted by molar-refractivity contribution is 4.85. The Balaban J connectivity index is 1.55. The summed E-state index contributed by atoms with van der Waals surface area (Å²) >= 11 is 0. The molecule has 2 rings (SSSR count). The predicted molar refractivity (Wildman–Crippen MR) is 71.3 cm³/mol. The van der Waals surface area contributed by atoms with Crippen LogP contribution in [0.1, 0.15) is 51.9 Å². The summed E-state index contributed by atoms with van der Waals surface area (Å²) in [4.78, 5) is 0. The summed E-state index contributed by atoms with van der Waals surface area (Å²) in [5, 5.41) is 7.06. The molecule has 1 aliphatic heterocycles. The molecule has 100 valence electrons. The van der Waals surface area contributed by atoms with Crippen LogP contribution in [0.2, 0.25) is 0 Å². The largest absolute Gasteiger partial charge is 0.377 e. The third-order valence-corrected chi connectivity index (χ3v) is 4.25. The fraction of sp³-hybridized carbons (Fsp3) is 1.00. The zero-order valence-electron chi connectivity index (χ0n) is 11.3. The minimum Gasteiger partial charge on any atom is -0.377 e. The molecule has 0 atom stereocenters. The van der Waals surface area contributed by atoms with Crippen molar-refractivity contribution < 1.29 is 4.74 Å². The summed E-state index contributed by atoms with van der Waals surface area (Å²) in [5.41, 5.74) is 0.385. The van der Waals surface area contributed by atoms with E-state index < -0.39 is 0 Å². The summed E-state index contributed by atoms with van der Waals surface area (Å²) in [5.74, 6) is 0. The molecule has 1 aliphatic carbocycles.